The van der Waals surface area contributed by atoms with E-state index in [0.717, 1.165) is 60.7 Å². The minimum Gasteiger partial charge on any atom is -0.456 e. The van der Waals surface area contributed by atoms with Crippen LogP contribution in [0.4, 0.5) is 0 Å². The maximum Gasteiger partial charge on any atom is 0.323 e. The van der Waals surface area contributed by atoms with Crippen LogP contribution in [0.2, 0.25) is 0 Å². The Morgan fingerprint density at radius 2 is 1.12 bits per heavy atom. The Bertz CT molecular complexity index is 1400. The summed E-state index contributed by atoms with van der Waals surface area (Å²) in [5, 5.41) is 7.99. The van der Waals surface area contributed by atoms with Crippen LogP contribution in [0.1, 0.15) is 46.4 Å². The van der Waals surface area contributed by atoms with Gasteiger partial charge in [-0.3, -0.25) is 19.2 Å². The fourth-order valence-electron chi connectivity index (χ4n) is 4.86. The number of terminal acetylenes is 1. The number of nitrogens with one attached hydrogen (secondary N) is 2. The molecule has 0 spiro atoms. The number of fused-ring (bicyclic) bond motifs is 1. The number of esters is 2. The molecule has 206 valence electrons. The van der Waals surface area contributed by atoms with Crippen LogP contribution < -0.4 is 10.6 Å². The van der Waals surface area contributed by atoms with Gasteiger partial charge in [-0.1, -0.05) is 48.5 Å². The quantitative estimate of drug-likeness (QED) is 0.240. The van der Waals surface area contributed by atoms with Crippen LogP contribution in [0.15, 0.2) is 60.7 Å². The molecule has 2 N–H and O–H groups in total. The SMILES string of the molecule is C#C.O=C(COC(=O)[C@@H]1CCCN1)c1ccc(-c2ccc3cc(C(=O)COC(=O)[C@@H]4CCCN4)ccc3c2)cc1. The summed E-state index contributed by atoms with van der Waals surface area (Å²) in [7, 11) is 0. The van der Waals surface area contributed by atoms with Crippen molar-refractivity contribution in [3.8, 4) is 24.0 Å². The number of ether oxygens (including phenoxy) is 2. The van der Waals surface area contributed by atoms with Gasteiger partial charge < -0.3 is 20.1 Å². The predicted molar refractivity (Wildman–Crippen MR) is 152 cm³/mol. The lowest BCUT2D eigenvalue weighted by Crippen LogP contribution is -2.33. The van der Waals surface area contributed by atoms with Crippen LogP contribution in [0.25, 0.3) is 21.9 Å². The van der Waals surface area contributed by atoms with Crippen molar-refractivity contribution >= 4 is 34.3 Å². The molecule has 0 aliphatic carbocycles. The van der Waals surface area contributed by atoms with E-state index >= 15 is 0 Å². The van der Waals surface area contributed by atoms with Crippen LogP contribution >= 0.6 is 0 Å². The molecule has 2 saturated heterocycles. The molecular weight excluding hydrogens is 508 g/mol. The van der Waals surface area contributed by atoms with E-state index in [2.05, 4.69) is 23.5 Å². The lowest BCUT2D eigenvalue weighted by atomic mass is 9.98. The highest BCUT2D eigenvalue weighted by Gasteiger charge is 2.25. The molecule has 0 bridgehead atoms. The zero-order valence-electron chi connectivity index (χ0n) is 22.2. The summed E-state index contributed by atoms with van der Waals surface area (Å²) in [5.74, 6) is -1.25. The first kappa shape index (κ1) is 28.7. The van der Waals surface area contributed by atoms with Gasteiger partial charge in [0.2, 0.25) is 0 Å². The van der Waals surface area contributed by atoms with Gasteiger partial charge in [0, 0.05) is 11.1 Å². The Kier molecular flexibility index (Phi) is 9.79. The van der Waals surface area contributed by atoms with Gasteiger partial charge in [0.1, 0.15) is 12.1 Å². The Morgan fingerprint density at radius 1 is 0.650 bits per heavy atom. The summed E-state index contributed by atoms with van der Waals surface area (Å²) in [6, 6.07) is 17.9. The number of Topliss-reactive ketones (excluding diaryl/α,β-unsaturated/α-hetero) is 2. The molecule has 2 heterocycles. The number of carbonyl (C=O) groups excluding carboxylic acids is 4. The second-order valence-corrected chi connectivity index (χ2v) is 9.71. The third kappa shape index (κ3) is 7.00. The fraction of sp³-hybridized carbons (Fsp3) is 0.312. The van der Waals surface area contributed by atoms with Crippen LogP contribution in [-0.4, -0.2) is 61.9 Å². The second kappa shape index (κ2) is 13.7. The number of hydrogen-bond acceptors (Lipinski definition) is 8. The number of carbonyl (C=O) groups is 4. The lowest BCUT2D eigenvalue weighted by Gasteiger charge is -2.11. The summed E-state index contributed by atoms with van der Waals surface area (Å²) >= 11 is 0. The molecule has 2 aliphatic heterocycles. The van der Waals surface area contributed by atoms with Gasteiger partial charge in [-0.25, -0.2) is 0 Å². The van der Waals surface area contributed by atoms with Crippen LogP contribution in [0, 0.1) is 12.8 Å². The highest BCUT2D eigenvalue weighted by Crippen LogP contribution is 2.26. The number of rotatable bonds is 9. The van der Waals surface area contributed by atoms with E-state index < -0.39 is 0 Å². The molecule has 0 unspecified atom stereocenters. The Morgan fingerprint density at radius 3 is 1.68 bits per heavy atom. The smallest absolute Gasteiger partial charge is 0.323 e. The summed E-state index contributed by atoms with van der Waals surface area (Å²) in [4.78, 5) is 49.1. The molecule has 5 rings (SSSR count). The van der Waals surface area contributed by atoms with Gasteiger partial charge in [-0.15, -0.1) is 12.8 Å². The van der Waals surface area contributed by atoms with Crippen molar-refractivity contribution in [1.82, 2.24) is 10.6 Å². The van der Waals surface area contributed by atoms with Gasteiger partial charge in [0.05, 0.1) is 0 Å². The lowest BCUT2D eigenvalue weighted by molar-refractivity contribution is -0.145. The maximum atomic E-state index is 12.6. The van der Waals surface area contributed by atoms with E-state index in [0.29, 0.717) is 11.1 Å². The standard InChI is InChI=1S/C30H30N2O6.C2H2/c33-27(17-37-29(35)25-3-1-13-31-25)20-7-5-19(6-8-20)21-9-10-23-16-24(12-11-22(23)15-21)28(34)18-38-30(36)26-4-2-14-32-26;1-2/h5-12,15-16,25-26,31-32H,1-4,13-14,17-18H2;1-2H/t25-,26-;/m0./s1. The van der Waals surface area contributed by atoms with Gasteiger partial charge in [-0.2, -0.15) is 0 Å². The van der Waals surface area contributed by atoms with E-state index in [4.69, 9.17) is 9.47 Å². The van der Waals surface area contributed by atoms with Crippen molar-refractivity contribution in [2.24, 2.45) is 0 Å². The maximum absolute atomic E-state index is 12.6. The molecule has 0 amide bonds. The van der Waals surface area contributed by atoms with Gasteiger partial charge in [-0.05, 0) is 72.8 Å². The highest BCUT2D eigenvalue weighted by atomic mass is 16.5. The minimum atomic E-state index is -0.379. The van der Waals surface area contributed by atoms with Crippen molar-refractivity contribution in [1.29, 1.82) is 0 Å². The molecule has 3 aromatic rings. The molecule has 2 fully saturated rings. The molecule has 0 saturated carbocycles. The molecule has 2 atom stereocenters. The molecule has 3 aromatic carbocycles. The Balaban J connectivity index is 0.00000181. The van der Waals surface area contributed by atoms with Gasteiger partial charge in [0.25, 0.3) is 0 Å². The summed E-state index contributed by atoms with van der Waals surface area (Å²) in [6.07, 6.45) is 11.3. The van der Waals surface area contributed by atoms with Crippen molar-refractivity contribution in [2.75, 3.05) is 26.3 Å². The third-order valence-electron chi connectivity index (χ3n) is 7.08. The fourth-order valence-corrected chi connectivity index (χ4v) is 4.86. The first-order valence-electron chi connectivity index (χ1n) is 13.3. The van der Waals surface area contributed by atoms with E-state index in [-0.39, 0.29) is 48.8 Å². The summed E-state index contributed by atoms with van der Waals surface area (Å²) in [5.41, 5.74) is 2.87. The van der Waals surface area contributed by atoms with E-state index in [9.17, 15) is 19.2 Å². The zero-order chi connectivity index (χ0) is 28.5. The Hall–Kier alpha value is -4.32. The monoisotopic (exact) mass is 540 g/mol. The summed E-state index contributed by atoms with van der Waals surface area (Å²) in [6.45, 7) is 1.03. The number of ketones is 2. The highest BCUT2D eigenvalue weighted by molar-refractivity contribution is 6.02. The molecule has 40 heavy (non-hydrogen) atoms. The predicted octanol–water partition coefficient (Wildman–Crippen LogP) is 3.71. The van der Waals surface area contributed by atoms with E-state index in [1.807, 2.05) is 36.4 Å². The van der Waals surface area contributed by atoms with E-state index in [1.165, 1.54) is 0 Å². The summed E-state index contributed by atoms with van der Waals surface area (Å²) < 4.78 is 10.4. The molecular formula is C32H32N2O6. The van der Waals surface area contributed by atoms with Gasteiger partial charge >= 0.3 is 11.9 Å². The molecule has 0 radical (unpaired) electrons. The largest absolute Gasteiger partial charge is 0.456 e. The molecule has 0 aromatic heterocycles. The van der Waals surface area contributed by atoms with Crippen LogP contribution in [0.3, 0.4) is 0 Å². The van der Waals surface area contributed by atoms with Crippen LogP contribution in [0.5, 0.6) is 0 Å². The first-order chi connectivity index (χ1) is 19.5. The third-order valence-corrected chi connectivity index (χ3v) is 7.08. The van der Waals surface area contributed by atoms with Crippen LogP contribution in [-0.2, 0) is 19.1 Å². The Labute approximate surface area is 233 Å². The average molecular weight is 541 g/mol. The van der Waals surface area contributed by atoms with Crippen molar-refractivity contribution in [3.05, 3.63) is 71.8 Å². The number of hydrogen-bond donors (Lipinski definition) is 2. The molecule has 2 aliphatic rings. The zero-order valence-corrected chi connectivity index (χ0v) is 22.2. The normalized spacial score (nSPS) is 17.9. The van der Waals surface area contributed by atoms with Crippen molar-refractivity contribution in [2.45, 2.75) is 37.8 Å². The topological polar surface area (TPSA) is 111 Å². The molecule has 8 heteroatoms. The minimum absolute atomic E-state index is 0.243. The van der Waals surface area contributed by atoms with Gasteiger partial charge in [0.15, 0.2) is 24.8 Å². The second-order valence-electron chi connectivity index (χ2n) is 9.71. The van der Waals surface area contributed by atoms with Crippen molar-refractivity contribution in [3.63, 3.8) is 0 Å². The molecule has 8 nitrogen and oxygen atoms in total. The number of benzene rings is 3. The van der Waals surface area contributed by atoms with E-state index in [1.54, 1.807) is 24.3 Å². The van der Waals surface area contributed by atoms with Crippen molar-refractivity contribution < 1.29 is 28.7 Å². The average Bonchev–Trinajstić information content (AvgIpc) is 3.74. The first-order valence-corrected chi connectivity index (χ1v) is 13.3.